The number of aromatic amines is 1. The van der Waals surface area contributed by atoms with Gasteiger partial charge in [-0.05, 0) is 11.6 Å². The van der Waals surface area contributed by atoms with E-state index in [-0.39, 0.29) is 11.8 Å². The molecule has 2 amide bonds. The number of benzene rings is 1. The van der Waals surface area contributed by atoms with Crippen molar-refractivity contribution in [1.82, 2.24) is 14.8 Å². The zero-order valence-corrected chi connectivity index (χ0v) is 16.4. The van der Waals surface area contributed by atoms with Crippen molar-refractivity contribution in [3.63, 3.8) is 0 Å². The SMILES string of the molecule is C#CCCC1(CCC(=O)N2CCN(C(=O)Cc3c[nH]c4ccccc34)CC2)N=N1. The van der Waals surface area contributed by atoms with Gasteiger partial charge in [0.25, 0.3) is 0 Å². The molecule has 29 heavy (non-hydrogen) atoms. The molecule has 0 saturated carbocycles. The second-order valence-electron chi connectivity index (χ2n) is 7.68. The Hall–Kier alpha value is -3.14. The van der Waals surface area contributed by atoms with Crippen LogP contribution in [0.4, 0.5) is 0 Å². The second-order valence-corrected chi connectivity index (χ2v) is 7.68. The van der Waals surface area contributed by atoms with Gasteiger partial charge in [-0.2, -0.15) is 10.2 Å². The van der Waals surface area contributed by atoms with Crippen molar-refractivity contribution in [2.45, 2.75) is 37.8 Å². The summed E-state index contributed by atoms with van der Waals surface area (Å²) in [6.45, 7) is 2.29. The number of aromatic nitrogens is 1. The van der Waals surface area contributed by atoms with Crippen LogP contribution in [0.2, 0.25) is 0 Å². The van der Waals surface area contributed by atoms with Crippen LogP contribution in [0.1, 0.15) is 31.2 Å². The molecule has 2 aromatic rings. The van der Waals surface area contributed by atoms with E-state index in [9.17, 15) is 9.59 Å². The summed E-state index contributed by atoms with van der Waals surface area (Å²) >= 11 is 0. The molecule has 0 atom stereocenters. The number of carbonyl (C=O) groups excluding carboxylic acids is 2. The number of terminal acetylenes is 1. The molecule has 150 valence electrons. The van der Waals surface area contributed by atoms with E-state index in [1.165, 1.54) is 0 Å². The van der Waals surface area contributed by atoms with Gasteiger partial charge in [-0.3, -0.25) is 9.59 Å². The number of rotatable bonds is 7. The summed E-state index contributed by atoms with van der Waals surface area (Å²) in [5, 5.41) is 9.26. The van der Waals surface area contributed by atoms with Gasteiger partial charge < -0.3 is 14.8 Å². The van der Waals surface area contributed by atoms with Crippen molar-refractivity contribution in [2.24, 2.45) is 10.2 Å². The Morgan fingerprint density at radius 1 is 1.07 bits per heavy atom. The first kappa shape index (κ1) is 19.2. The fourth-order valence-electron chi connectivity index (χ4n) is 3.89. The van der Waals surface area contributed by atoms with Crippen LogP contribution in [-0.4, -0.2) is 58.4 Å². The summed E-state index contributed by atoms with van der Waals surface area (Å²) in [5.74, 6) is 2.81. The minimum atomic E-state index is -0.418. The second kappa shape index (κ2) is 8.08. The van der Waals surface area contributed by atoms with E-state index >= 15 is 0 Å². The third-order valence-electron chi connectivity index (χ3n) is 5.79. The van der Waals surface area contributed by atoms with E-state index in [2.05, 4.69) is 21.1 Å². The zero-order chi connectivity index (χ0) is 20.3. The van der Waals surface area contributed by atoms with Crippen molar-refractivity contribution < 1.29 is 9.59 Å². The van der Waals surface area contributed by atoms with Crippen molar-refractivity contribution in [1.29, 1.82) is 0 Å². The average molecular weight is 391 g/mol. The normalized spacial score (nSPS) is 17.3. The number of carbonyl (C=O) groups is 2. The van der Waals surface area contributed by atoms with Gasteiger partial charge in [-0.15, -0.1) is 12.3 Å². The number of H-pyrrole nitrogens is 1. The first-order valence-electron chi connectivity index (χ1n) is 10.1. The molecule has 1 aromatic heterocycles. The Balaban J connectivity index is 1.24. The number of hydrogen-bond donors (Lipinski definition) is 1. The van der Waals surface area contributed by atoms with Gasteiger partial charge in [0.1, 0.15) is 0 Å². The third-order valence-corrected chi connectivity index (χ3v) is 5.79. The maximum Gasteiger partial charge on any atom is 0.227 e. The molecule has 1 N–H and O–H groups in total. The van der Waals surface area contributed by atoms with Crippen LogP contribution in [0.25, 0.3) is 10.9 Å². The van der Waals surface area contributed by atoms with Gasteiger partial charge in [0.2, 0.25) is 11.8 Å². The molecule has 7 nitrogen and oxygen atoms in total. The molecule has 1 aromatic carbocycles. The highest BCUT2D eigenvalue weighted by Gasteiger charge is 2.39. The van der Waals surface area contributed by atoms with E-state index in [1.807, 2.05) is 40.3 Å². The first-order chi connectivity index (χ1) is 14.1. The monoisotopic (exact) mass is 391 g/mol. The number of nitrogens with one attached hydrogen (secondary N) is 1. The van der Waals surface area contributed by atoms with Crippen LogP contribution in [0, 0.1) is 12.3 Å². The van der Waals surface area contributed by atoms with Gasteiger partial charge in [-0.25, -0.2) is 0 Å². The molecular weight excluding hydrogens is 366 g/mol. The van der Waals surface area contributed by atoms with E-state index < -0.39 is 5.66 Å². The van der Waals surface area contributed by atoms with Crippen molar-refractivity contribution in [3.8, 4) is 12.3 Å². The van der Waals surface area contributed by atoms with Gasteiger partial charge in [-0.1, -0.05) is 18.2 Å². The maximum absolute atomic E-state index is 12.7. The molecule has 3 heterocycles. The number of para-hydroxylation sites is 1. The number of amides is 2. The molecule has 2 aliphatic rings. The zero-order valence-electron chi connectivity index (χ0n) is 16.4. The molecule has 0 aliphatic carbocycles. The predicted molar refractivity (Wildman–Crippen MR) is 110 cm³/mol. The lowest BCUT2D eigenvalue weighted by atomic mass is 10.0. The average Bonchev–Trinajstić information content (AvgIpc) is 3.43. The number of fused-ring (bicyclic) bond motifs is 1. The highest BCUT2D eigenvalue weighted by atomic mass is 16.2. The predicted octanol–water partition coefficient (Wildman–Crippen LogP) is 2.74. The molecule has 2 aliphatic heterocycles. The Morgan fingerprint density at radius 3 is 2.45 bits per heavy atom. The Labute approximate surface area is 170 Å². The van der Waals surface area contributed by atoms with Crippen LogP contribution in [-0.2, 0) is 16.0 Å². The van der Waals surface area contributed by atoms with E-state index in [1.54, 1.807) is 0 Å². The minimum Gasteiger partial charge on any atom is -0.361 e. The summed E-state index contributed by atoms with van der Waals surface area (Å²) in [5.41, 5.74) is 1.64. The van der Waals surface area contributed by atoms with Gasteiger partial charge in [0.05, 0.1) is 6.42 Å². The topological polar surface area (TPSA) is 81.1 Å². The highest BCUT2D eigenvalue weighted by Crippen LogP contribution is 2.37. The van der Waals surface area contributed by atoms with Crippen molar-refractivity contribution >= 4 is 22.7 Å². The Kier molecular flexibility index (Phi) is 5.34. The van der Waals surface area contributed by atoms with Gasteiger partial charge in [0, 0.05) is 69.0 Å². The molecule has 1 saturated heterocycles. The lowest BCUT2D eigenvalue weighted by Gasteiger charge is -2.35. The fourth-order valence-corrected chi connectivity index (χ4v) is 3.89. The quantitative estimate of drug-likeness (QED) is 0.737. The van der Waals surface area contributed by atoms with Crippen LogP contribution in [0.5, 0.6) is 0 Å². The lowest BCUT2D eigenvalue weighted by Crippen LogP contribution is -2.51. The van der Waals surface area contributed by atoms with Crippen LogP contribution >= 0.6 is 0 Å². The lowest BCUT2D eigenvalue weighted by molar-refractivity contribution is -0.139. The summed E-state index contributed by atoms with van der Waals surface area (Å²) in [6, 6.07) is 7.99. The number of nitrogens with zero attached hydrogens (tertiary/aromatic N) is 4. The largest absolute Gasteiger partial charge is 0.361 e. The van der Waals surface area contributed by atoms with E-state index in [0.717, 1.165) is 16.5 Å². The summed E-state index contributed by atoms with van der Waals surface area (Å²) in [6.07, 6.45) is 9.96. The first-order valence-corrected chi connectivity index (χ1v) is 10.1. The summed E-state index contributed by atoms with van der Waals surface area (Å²) < 4.78 is 0. The molecular formula is C22H25N5O2. The fraction of sp³-hybridized carbons (Fsp3) is 0.455. The van der Waals surface area contributed by atoms with Crippen molar-refractivity contribution in [2.75, 3.05) is 26.2 Å². The smallest absolute Gasteiger partial charge is 0.227 e. The molecule has 0 radical (unpaired) electrons. The molecule has 7 heteroatoms. The number of hydrogen-bond acceptors (Lipinski definition) is 4. The maximum atomic E-state index is 12.7. The van der Waals surface area contributed by atoms with E-state index in [0.29, 0.717) is 58.3 Å². The van der Waals surface area contributed by atoms with Crippen molar-refractivity contribution in [3.05, 3.63) is 36.0 Å². The van der Waals surface area contributed by atoms with Crippen LogP contribution in [0.15, 0.2) is 40.7 Å². The standard InChI is InChI=1S/C22H25N5O2/c1-2-3-9-22(24-25-22)10-8-20(28)26-11-13-27(14-12-26)21(29)15-17-16-23-19-7-5-4-6-18(17)19/h1,4-7,16,23H,3,8-15H2. The van der Waals surface area contributed by atoms with Crippen LogP contribution in [0.3, 0.4) is 0 Å². The van der Waals surface area contributed by atoms with Gasteiger partial charge in [0.15, 0.2) is 5.66 Å². The third kappa shape index (κ3) is 4.32. The molecule has 1 fully saturated rings. The summed E-state index contributed by atoms with van der Waals surface area (Å²) in [7, 11) is 0. The van der Waals surface area contributed by atoms with Gasteiger partial charge >= 0.3 is 0 Å². The minimum absolute atomic E-state index is 0.102. The van der Waals surface area contributed by atoms with E-state index in [4.69, 9.17) is 6.42 Å². The van der Waals surface area contributed by atoms with Crippen LogP contribution < -0.4 is 0 Å². The molecule has 4 rings (SSSR count). The molecule has 0 spiro atoms. The number of piperazine rings is 1. The summed E-state index contributed by atoms with van der Waals surface area (Å²) in [4.78, 5) is 32.1. The molecule has 0 unspecified atom stereocenters. The Morgan fingerprint density at radius 2 is 1.76 bits per heavy atom. The molecule has 0 bridgehead atoms. The Bertz CT molecular complexity index is 972. The highest BCUT2D eigenvalue weighted by molar-refractivity contribution is 5.89.